The van der Waals surface area contributed by atoms with Gasteiger partial charge in [-0.1, -0.05) is 29.8 Å². The van der Waals surface area contributed by atoms with E-state index in [2.05, 4.69) is 25.7 Å². The van der Waals surface area contributed by atoms with Gasteiger partial charge in [0.05, 0.1) is 6.54 Å². The third-order valence-corrected chi connectivity index (χ3v) is 4.09. The van der Waals surface area contributed by atoms with Crippen molar-refractivity contribution in [3.05, 3.63) is 64.7 Å². The molecule has 8 heteroatoms. The van der Waals surface area contributed by atoms with E-state index in [0.29, 0.717) is 30.2 Å². The van der Waals surface area contributed by atoms with Crippen molar-refractivity contribution in [2.75, 3.05) is 13.6 Å². The Hall–Kier alpha value is -3.16. The molecular formula is C21H26F2N4O2. The molecule has 156 valence electrons. The van der Waals surface area contributed by atoms with Gasteiger partial charge in [0.2, 0.25) is 0 Å². The van der Waals surface area contributed by atoms with Crippen molar-refractivity contribution in [1.29, 1.82) is 0 Å². The van der Waals surface area contributed by atoms with Crippen LogP contribution in [0.5, 0.6) is 5.75 Å². The molecule has 2 rings (SSSR count). The normalized spacial score (nSPS) is 11.3. The first-order valence-electron chi connectivity index (χ1n) is 9.30. The predicted molar refractivity (Wildman–Crippen MR) is 109 cm³/mol. The Bertz CT molecular complexity index is 839. The summed E-state index contributed by atoms with van der Waals surface area (Å²) in [7, 11) is 1.58. The minimum absolute atomic E-state index is 0.138. The first kappa shape index (κ1) is 22.1. The van der Waals surface area contributed by atoms with Crippen LogP contribution in [0, 0.1) is 6.92 Å². The van der Waals surface area contributed by atoms with E-state index in [0.717, 1.165) is 11.1 Å². The summed E-state index contributed by atoms with van der Waals surface area (Å²) in [5.74, 6) is 0.543. The van der Waals surface area contributed by atoms with Gasteiger partial charge >= 0.3 is 6.61 Å². The lowest BCUT2D eigenvalue weighted by molar-refractivity contribution is -0.0504. The lowest BCUT2D eigenvalue weighted by Crippen LogP contribution is -2.36. The summed E-state index contributed by atoms with van der Waals surface area (Å²) in [6.45, 7) is 2.28. The smallest absolute Gasteiger partial charge is 0.387 e. The van der Waals surface area contributed by atoms with Crippen LogP contribution in [0.3, 0.4) is 0 Å². The molecular weight excluding hydrogens is 378 g/mol. The Balaban J connectivity index is 2.06. The fourth-order valence-corrected chi connectivity index (χ4v) is 2.65. The molecule has 0 aliphatic carbocycles. The SMILES string of the molecule is CCNC(=NCc1ccc(C(=O)NC)cc1)NCc1cc(C)ccc1OC(F)F. The molecule has 0 bridgehead atoms. The number of nitrogens with zero attached hydrogens (tertiary/aromatic N) is 1. The van der Waals surface area contributed by atoms with E-state index >= 15 is 0 Å². The zero-order valence-corrected chi connectivity index (χ0v) is 16.8. The number of hydrogen-bond donors (Lipinski definition) is 3. The number of benzene rings is 2. The number of carbonyl (C=O) groups excluding carboxylic acids is 1. The molecule has 0 atom stereocenters. The molecule has 0 fully saturated rings. The van der Waals surface area contributed by atoms with Crippen molar-refractivity contribution in [3.8, 4) is 5.75 Å². The number of alkyl halides is 2. The van der Waals surface area contributed by atoms with Crippen LogP contribution in [0.25, 0.3) is 0 Å². The number of rotatable bonds is 8. The van der Waals surface area contributed by atoms with E-state index in [1.165, 1.54) is 6.07 Å². The summed E-state index contributed by atoms with van der Waals surface area (Å²) < 4.78 is 29.8. The minimum atomic E-state index is -2.88. The van der Waals surface area contributed by atoms with Crippen LogP contribution in [0.4, 0.5) is 8.78 Å². The van der Waals surface area contributed by atoms with E-state index in [-0.39, 0.29) is 18.2 Å². The molecule has 0 aliphatic rings. The van der Waals surface area contributed by atoms with Crippen molar-refractivity contribution in [1.82, 2.24) is 16.0 Å². The summed E-state index contributed by atoms with van der Waals surface area (Å²) in [5, 5.41) is 8.84. The molecule has 0 radical (unpaired) electrons. The molecule has 0 saturated heterocycles. The van der Waals surface area contributed by atoms with Crippen LogP contribution >= 0.6 is 0 Å². The summed E-state index contributed by atoms with van der Waals surface area (Å²) >= 11 is 0. The van der Waals surface area contributed by atoms with Gasteiger partial charge in [-0.15, -0.1) is 0 Å². The van der Waals surface area contributed by atoms with Gasteiger partial charge in [0, 0.05) is 31.3 Å². The van der Waals surface area contributed by atoms with E-state index in [1.54, 1.807) is 31.3 Å². The molecule has 1 amide bonds. The van der Waals surface area contributed by atoms with Gasteiger partial charge in [-0.2, -0.15) is 8.78 Å². The van der Waals surface area contributed by atoms with E-state index in [4.69, 9.17) is 0 Å². The Morgan fingerprint density at radius 2 is 1.86 bits per heavy atom. The third-order valence-electron chi connectivity index (χ3n) is 4.09. The van der Waals surface area contributed by atoms with Gasteiger partial charge < -0.3 is 20.7 Å². The Labute approximate surface area is 169 Å². The molecule has 2 aromatic rings. The number of aliphatic imine (C=N–C) groups is 1. The fraction of sp³-hybridized carbons (Fsp3) is 0.333. The average molecular weight is 404 g/mol. The van der Waals surface area contributed by atoms with Crippen LogP contribution < -0.4 is 20.7 Å². The number of amides is 1. The van der Waals surface area contributed by atoms with Gasteiger partial charge in [-0.05, 0) is 37.6 Å². The number of aryl methyl sites for hydroxylation is 1. The van der Waals surface area contributed by atoms with Crippen molar-refractivity contribution < 1.29 is 18.3 Å². The summed E-state index contributed by atoms with van der Waals surface area (Å²) in [4.78, 5) is 16.1. The van der Waals surface area contributed by atoms with E-state index < -0.39 is 6.61 Å². The summed E-state index contributed by atoms with van der Waals surface area (Å²) in [6.07, 6.45) is 0. The van der Waals surface area contributed by atoms with Gasteiger partial charge in [0.15, 0.2) is 5.96 Å². The Kier molecular flexibility index (Phi) is 8.39. The number of ether oxygens (including phenoxy) is 1. The van der Waals surface area contributed by atoms with Crippen LogP contribution in [0.2, 0.25) is 0 Å². The standard InChI is InChI=1S/C21H26F2N4O2/c1-4-25-21(26-12-15-6-8-16(9-7-15)19(28)24-3)27-13-17-11-14(2)5-10-18(17)29-20(22)23/h5-11,20H,4,12-13H2,1-3H3,(H,24,28)(H2,25,26,27). The maximum atomic E-state index is 12.6. The van der Waals surface area contributed by atoms with Gasteiger partial charge in [-0.25, -0.2) is 4.99 Å². The predicted octanol–water partition coefficient (Wildman–Crippen LogP) is 3.21. The van der Waals surface area contributed by atoms with Crippen LogP contribution in [-0.2, 0) is 13.1 Å². The largest absolute Gasteiger partial charge is 0.434 e. The van der Waals surface area contributed by atoms with Gasteiger partial charge in [0.1, 0.15) is 5.75 Å². The van der Waals surface area contributed by atoms with Crippen LogP contribution in [0.1, 0.15) is 34.0 Å². The second kappa shape index (κ2) is 11.0. The first-order valence-corrected chi connectivity index (χ1v) is 9.30. The molecule has 0 heterocycles. The monoisotopic (exact) mass is 404 g/mol. The highest BCUT2D eigenvalue weighted by molar-refractivity contribution is 5.93. The lowest BCUT2D eigenvalue weighted by atomic mass is 10.1. The number of guanidine groups is 1. The zero-order chi connectivity index (χ0) is 21.2. The highest BCUT2D eigenvalue weighted by atomic mass is 19.3. The maximum absolute atomic E-state index is 12.6. The van der Waals surface area contributed by atoms with E-state index in [1.807, 2.05) is 26.0 Å². The molecule has 29 heavy (non-hydrogen) atoms. The molecule has 0 aromatic heterocycles. The highest BCUT2D eigenvalue weighted by Crippen LogP contribution is 2.22. The van der Waals surface area contributed by atoms with E-state index in [9.17, 15) is 13.6 Å². The lowest BCUT2D eigenvalue weighted by Gasteiger charge is -2.15. The molecule has 0 unspecified atom stereocenters. The second-order valence-electron chi connectivity index (χ2n) is 6.31. The fourth-order valence-electron chi connectivity index (χ4n) is 2.65. The quantitative estimate of drug-likeness (QED) is 0.467. The van der Waals surface area contributed by atoms with Crippen molar-refractivity contribution in [3.63, 3.8) is 0 Å². The summed E-state index contributed by atoms with van der Waals surface area (Å²) in [6, 6.07) is 12.2. The number of halogens is 2. The Morgan fingerprint density at radius 3 is 2.48 bits per heavy atom. The topological polar surface area (TPSA) is 74.8 Å². The van der Waals surface area contributed by atoms with Crippen LogP contribution in [-0.4, -0.2) is 32.1 Å². The van der Waals surface area contributed by atoms with Crippen molar-refractivity contribution >= 4 is 11.9 Å². The number of hydrogen-bond acceptors (Lipinski definition) is 3. The minimum Gasteiger partial charge on any atom is -0.434 e. The molecule has 6 nitrogen and oxygen atoms in total. The number of carbonyl (C=O) groups is 1. The zero-order valence-electron chi connectivity index (χ0n) is 16.8. The molecule has 3 N–H and O–H groups in total. The highest BCUT2D eigenvalue weighted by Gasteiger charge is 2.10. The molecule has 0 aliphatic heterocycles. The van der Waals surface area contributed by atoms with Gasteiger partial charge in [-0.3, -0.25) is 4.79 Å². The Morgan fingerprint density at radius 1 is 1.14 bits per heavy atom. The third kappa shape index (κ3) is 7.06. The molecule has 0 spiro atoms. The second-order valence-corrected chi connectivity index (χ2v) is 6.31. The average Bonchev–Trinajstić information content (AvgIpc) is 2.71. The van der Waals surface area contributed by atoms with Crippen molar-refractivity contribution in [2.45, 2.75) is 33.5 Å². The molecule has 2 aromatic carbocycles. The van der Waals surface area contributed by atoms with Crippen LogP contribution in [0.15, 0.2) is 47.5 Å². The molecule has 0 saturated carbocycles. The van der Waals surface area contributed by atoms with Crippen molar-refractivity contribution in [2.24, 2.45) is 4.99 Å². The number of nitrogens with one attached hydrogen (secondary N) is 3. The summed E-state index contributed by atoms with van der Waals surface area (Å²) in [5.41, 5.74) is 3.08. The first-order chi connectivity index (χ1) is 13.9. The maximum Gasteiger partial charge on any atom is 0.387 e. The van der Waals surface area contributed by atoms with Gasteiger partial charge in [0.25, 0.3) is 5.91 Å².